The molecule has 0 aliphatic rings. The molecule has 186 valence electrons. The molecule has 0 aliphatic carbocycles. The Morgan fingerprint density at radius 2 is 1.28 bits per heavy atom. The summed E-state index contributed by atoms with van der Waals surface area (Å²) in [6.07, 6.45) is 0. The summed E-state index contributed by atoms with van der Waals surface area (Å²) in [5.74, 6) is 0.228. The summed E-state index contributed by atoms with van der Waals surface area (Å²) in [6, 6.07) is 46.0. The SMILES string of the molecule is N#Cc1c(-c2ccccc2)c(-c2ccccc2)n(Cc2ccccc2)c1NC(=O)c1cccc2ccccc12. The van der Waals surface area contributed by atoms with Gasteiger partial charge in [0.2, 0.25) is 0 Å². The van der Waals surface area contributed by atoms with Crippen LogP contribution in [0.3, 0.4) is 0 Å². The standard InChI is InChI=1S/C35H25N3O/c36-23-31-32(27-16-6-2-7-17-27)33(28-18-8-3-9-19-28)38(24-25-13-4-1-5-14-25)34(31)37-35(39)30-22-12-20-26-15-10-11-21-29(26)30/h1-22H,24H2,(H,37,39). The molecule has 0 atom stereocenters. The minimum absolute atomic E-state index is 0.255. The molecule has 0 saturated carbocycles. The van der Waals surface area contributed by atoms with E-state index in [2.05, 4.69) is 28.1 Å². The topological polar surface area (TPSA) is 57.8 Å². The van der Waals surface area contributed by atoms with Crippen molar-refractivity contribution in [1.29, 1.82) is 5.26 Å². The Kier molecular flexibility index (Phi) is 6.47. The van der Waals surface area contributed by atoms with Crippen LogP contribution in [0.15, 0.2) is 133 Å². The van der Waals surface area contributed by atoms with Gasteiger partial charge in [-0.25, -0.2) is 0 Å². The molecule has 0 fully saturated rings. The van der Waals surface area contributed by atoms with E-state index in [1.165, 1.54) is 0 Å². The van der Waals surface area contributed by atoms with Gasteiger partial charge in [0.05, 0.1) is 5.69 Å². The monoisotopic (exact) mass is 503 g/mol. The van der Waals surface area contributed by atoms with Gasteiger partial charge < -0.3 is 9.88 Å². The second-order valence-electron chi connectivity index (χ2n) is 9.34. The van der Waals surface area contributed by atoms with Crippen LogP contribution in [0.4, 0.5) is 5.82 Å². The molecule has 0 spiro atoms. The number of aromatic nitrogens is 1. The largest absolute Gasteiger partial charge is 0.321 e. The molecule has 1 amide bonds. The maximum atomic E-state index is 13.9. The number of hydrogen-bond acceptors (Lipinski definition) is 2. The number of carbonyl (C=O) groups excluding carboxylic acids is 1. The second-order valence-corrected chi connectivity index (χ2v) is 9.34. The molecule has 0 unspecified atom stereocenters. The summed E-state index contributed by atoms with van der Waals surface area (Å²) in [6.45, 7) is 0.484. The molecular formula is C35H25N3O. The van der Waals surface area contributed by atoms with E-state index in [0.717, 1.165) is 38.7 Å². The number of amides is 1. The van der Waals surface area contributed by atoms with E-state index in [9.17, 15) is 10.1 Å². The van der Waals surface area contributed by atoms with E-state index in [1.54, 1.807) is 0 Å². The predicted molar refractivity (Wildman–Crippen MR) is 157 cm³/mol. The van der Waals surface area contributed by atoms with Gasteiger partial charge in [0.1, 0.15) is 17.5 Å². The molecule has 0 saturated heterocycles. The Labute approximate surface area is 227 Å². The fourth-order valence-corrected chi connectivity index (χ4v) is 5.16. The second kappa shape index (κ2) is 10.5. The zero-order chi connectivity index (χ0) is 26.6. The lowest BCUT2D eigenvalue weighted by Gasteiger charge is -2.16. The van der Waals surface area contributed by atoms with E-state index in [4.69, 9.17) is 0 Å². The lowest BCUT2D eigenvalue weighted by Crippen LogP contribution is -2.17. The summed E-state index contributed by atoms with van der Waals surface area (Å²) in [5, 5.41) is 15.6. The van der Waals surface area contributed by atoms with Gasteiger partial charge in [-0.1, -0.05) is 127 Å². The van der Waals surface area contributed by atoms with E-state index in [-0.39, 0.29) is 5.91 Å². The molecule has 5 aromatic carbocycles. The van der Waals surface area contributed by atoms with Crippen molar-refractivity contribution in [3.05, 3.63) is 150 Å². The van der Waals surface area contributed by atoms with Crippen molar-refractivity contribution in [2.45, 2.75) is 6.54 Å². The van der Waals surface area contributed by atoms with Crippen molar-refractivity contribution < 1.29 is 4.79 Å². The van der Waals surface area contributed by atoms with E-state index in [1.807, 2.05) is 121 Å². The molecule has 39 heavy (non-hydrogen) atoms. The van der Waals surface area contributed by atoms with Crippen LogP contribution in [0.2, 0.25) is 0 Å². The van der Waals surface area contributed by atoms with Crippen molar-refractivity contribution >= 4 is 22.5 Å². The van der Waals surface area contributed by atoms with Crippen LogP contribution in [0.5, 0.6) is 0 Å². The quantitative estimate of drug-likeness (QED) is 0.249. The number of carbonyl (C=O) groups is 1. The smallest absolute Gasteiger partial charge is 0.257 e. The summed E-state index contributed by atoms with van der Waals surface area (Å²) >= 11 is 0. The molecule has 4 heteroatoms. The fraction of sp³-hybridized carbons (Fsp3) is 0.0286. The van der Waals surface area contributed by atoms with Gasteiger partial charge in [-0.3, -0.25) is 4.79 Å². The van der Waals surface area contributed by atoms with Gasteiger partial charge in [0, 0.05) is 17.7 Å². The molecular weight excluding hydrogens is 478 g/mol. The minimum atomic E-state index is -0.255. The zero-order valence-electron chi connectivity index (χ0n) is 21.2. The predicted octanol–water partition coefficient (Wildman–Crippen LogP) is 8.15. The molecule has 6 rings (SSSR count). The molecule has 0 bridgehead atoms. The van der Waals surface area contributed by atoms with Crippen LogP contribution in [0, 0.1) is 11.3 Å². The Balaban J connectivity index is 1.60. The molecule has 0 radical (unpaired) electrons. The highest BCUT2D eigenvalue weighted by atomic mass is 16.1. The average molecular weight is 504 g/mol. The van der Waals surface area contributed by atoms with E-state index >= 15 is 0 Å². The van der Waals surface area contributed by atoms with Gasteiger partial charge in [-0.2, -0.15) is 5.26 Å². The number of hydrogen-bond donors (Lipinski definition) is 1. The molecule has 1 aromatic heterocycles. The lowest BCUT2D eigenvalue weighted by atomic mass is 9.98. The third-order valence-electron chi connectivity index (χ3n) is 6.93. The van der Waals surface area contributed by atoms with Gasteiger partial charge in [0.15, 0.2) is 0 Å². The van der Waals surface area contributed by atoms with Crippen LogP contribution < -0.4 is 5.32 Å². The lowest BCUT2D eigenvalue weighted by molar-refractivity contribution is 0.102. The van der Waals surface area contributed by atoms with Crippen molar-refractivity contribution in [3.8, 4) is 28.5 Å². The Hall–Kier alpha value is -5.40. The zero-order valence-corrected chi connectivity index (χ0v) is 21.2. The highest BCUT2D eigenvalue weighted by molar-refractivity contribution is 6.13. The third kappa shape index (κ3) is 4.58. The third-order valence-corrected chi connectivity index (χ3v) is 6.93. The molecule has 6 aromatic rings. The maximum absolute atomic E-state index is 13.9. The average Bonchev–Trinajstić information content (AvgIpc) is 3.30. The van der Waals surface area contributed by atoms with Gasteiger partial charge in [0.25, 0.3) is 5.91 Å². The van der Waals surface area contributed by atoms with Crippen molar-refractivity contribution in [2.24, 2.45) is 0 Å². The van der Waals surface area contributed by atoms with Crippen molar-refractivity contribution in [3.63, 3.8) is 0 Å². The molecule has 1 N–H and O–H groups in total. The van der Waals surface area contributed by atoms with Crippen LogP contribution in [0.1, 0.15) is 21.5 Å². The van der Waals surface area contributed by atoms with Gasteiger partial charge >= 0.3 is 0 Å². The molecule has 0 aliphatic heterocycles. The summed E-state index contributed by atoms with van der Waals surface area (Å²) in [4.78, 5) is 13.9. The normalized spacial score (nSPS) is 10.7. The van der Waals surface area contributed by atoms with E-state index < -0.39 is 0 Å². The molecule has 4 nitrogen and oxygen atoms in total. The Morgan fingerprint density at radius 3 is 1.97 bits per heavy atom. The fourth-order valence-electron chi connectivity index (χ4n) is 5.16. The Morgan fingerprint density at radius 1 is 0.692 bits per heavy atom. The number of nitrogens with one attached hydrogen (secondary N) is 1. The highest BCUT2D eigenvalue weighted by Gasteiger charge is 2.27. The number of anilines is 1. The number of rotatable bonds is 6. The van der Waals surface area contributed by atoms with Crippen LogP contribution in [-0.4, -0.2) is 10.5 Å². The number of benzene rings is 5. The van der Waals surface area contributed by atoms with Crippen molar-refractivity contribution in [1.82, 2.24) is 4.57 Å². The summed E-state index contributed by atoms with van der Waals surface area (Å²) in [7, 11) is 0. The Bertz CT molecular complexity index is 1810. The molecule has 1 heterocycles. The highest BCUT2D eigenvalue weighted by Crippen LogP contribution is 2.42. The van der Waals surface area contributed by atoms with Gasteiger partial charge in [-0.15, -0.1) is 0 Å². The number of nitrogens with zero attached hydrogens (tertiary/aromatic N) is 2. The van der Waals surface area contributed by atoms with Crippen LogP contribution in [0.25, 0.3) is 33.2 Å². The summed E-state index contributed by atoms with van der Waals surface area (Å²) in [5.41, 5.74) is 5.63. The van der Waals surface area contributed by atoms with Crippen molar-refractivity contribution in [2.75, 3.05) is 5.32 Å². The summed E-state index contributed by atoms with van der Waals surface area (Å²) < 4.78 is 2.06. The minimum Gasteiger partial charge on any atom is -0.321 e. The van der Waals surface area contributed by atoms with Gasteiger partial charge in [-0.05, 0) is 33.5 Å². The maximum Gasteiger partial charge on any atom is 0.257 e. The first kappa shape index (κ1) is 24.0. The van der Waals surface area contributed by atoms with Crippen LogP contribution >= 0.6 is 0 Å². The van der Waals surface area contributed by atoms with E-state index in [0.29, 0.717) is 23.5 Å². The number of fused-ring (bicyclic) bond motifs is 1. The first-order chi connectivity index (χ1) is 19.2. The first-order valence-corrected chi connectivity index (χ1v) is 12.8. The van der Waals surface area contributed by atoms with Crippen LogP contribution in [-0.2, 0) is 6.54 Å². The first-order valence-electron chi connectivity index (χ1n) is 12.8. The number of nitriles is 1.